The molecule has 170 valence electrons. The summed E-state index contributed by atoms with van der Waals surface area (Å²) >= 11 is 0. The second-order valence-electron chi connectivity index (χ2n) is 7.30. The number of amides is 1. The van der Waals surface area contributed by atoms with Gasteiger partial charge in [-0.1, -0.05) is 19.0 Å². The van der Waals surface area contributed by atoms with Crippen LogP contribution in [0.25, 0.3) is 11.4 Å². The molecule has 3 rings (SSSR count). The molecule has 1 heterocycles. The Labute approximate surface area is 182 Å². The summed E-state index contributed by atoms with van der Waals surface area (Å²) in [5, 5.41) is 6.73. The van der Waals surface area contributed by atoms with Gasteiger partial charge in [0.2, 0.25) is 11.7 Å². The fourth-order valence-electron chi connectivity index (χ4n) is 3.00. The molecule has 0 aliphatic rings. The van der Waals surface area contributed by atoms with Crippen molar-refractivity contribution in [3.05, 3.63) is 59.5 Å². The number of rotatable bonds is 7. The standard InChI is InChI=1S/C22H22F3N3O4/c1-12(2)18(26-20(29)13-5-8-15(9-6-13)22(23,24)25)21-27-19(28-32-21)14-7-10-16(30-3)17(11-14)31-4/h5-12,18H,1-4H3,(H,26,29)/t18-/m1/s1. The van der Waals surface area contributed by atoms with E-state index in [1.54, 1.807) is 18.2 Å². The average molecular weight is 449 g/mol. The lowest BCUT2D eigenvalue weighted by atomic mass is 10.0. The van der Waals surface area contributed by atoms with E-state index >= 15 is 0 Å². The van der Waals surface area contributed by atoms with Crippen LogP contribution < -0.4 is 14.8 Å². The third-order valence-corrected chi connectivity index (χ3v) is 4.78. The van der Waals surface area contributed by atoms with E-state index in [4.69, 9.17) is 14.0 Å². The van der Waals surface area contributed by atoms with Gasteiger partial charge < -0.3 is 19.3 Å². The van der Waals surface area contributed by atoms with Gasteiger partial charge in [0.05, 0.1) is 19.8 Å². The molecule has 0 fully saturated rings. The maximum absolute atomic E-state index is 12.7. The van der Waals surface area contributed by atoms with Crippen LogP contribution in [-0.2, 0) is 6.18 Å². The highest BCUT2D eigenvalue weighted by Gasteiger charge is 2.31. The van der Waals surface area contributed by atoms with Gasteiger partial charge in [0.15, 0.2) is 11.5 Å². The van der Waals surface area contributed by atoms with E-state index in [1.165, 1.54) is 14.2 Å². The number of aromatic nitrogens is 2. The molecule has 1 atom stereocenters. The van der Waals surface area contributed by atoms with Gasteiger partial charge in [0.25, 0.3) is 5.91 Å². The summed E-state index contributed by atoms with van der Waals surface area (Å²) in [5.41, 5.74) is -0.122. The first-order valence-electron chi connectivity index (χ1n) is 9.68. The van der Waals surface area contributed by atoms with E-state index in [1.807, 2.05) is 13.8 Å². The molecule has 0 aliphatic heterocycles. The monoisotopic (exact) mass is 449 g/mol. The van der Waals surface area contributed by atoms with Crippen LogP contribution >= 0.6 is 0 Å². The molecule has 0 aliphatic carbocycles. The van der Waals surface area contributed by atoms with Crippen LogP contribution in [0.4, 0.5) is 13.2 Å². The van der Waals surface area contributed by atoms with Gasteiger partial charge in [-0.2, -0.15) is 18.2 Å². The van der Waals surface area contributed by atoms with Crippen LogP contribution in [0.3, 0.4) is 0 Å². The van der Waals surface area contributed by atoms with Crippen LogP contribution in [0.15, 0.2) is 47.0 Å². The molecule has 0 saturated carbocycles. The molecular formula is C22H22F3N3O4. The summed E-state index contributed by atoms with van der Waals surface area (Å²) in [5.74, 6) is 0.812. The van der Waals surface area contributed by atoms with E-state index in [0.29, 0.717) is 17.1 Å². The zero-order valence-corrected chi connectivity index (χ0v) is 17.9. The minimum absolute atomic E-state index is 0.0864. The van der Waals surface area contributed by atoms with Crippen molar-refractivity contribution in [2.75, 3.05) is 14.2 Å². The van der Waals surface area contributed by atoms with E-state index in [9.17, 15) is 18.0 Å². The molecule has 1 N–H and O–H groups in total. The molecule has 7 nitrogen and oxygen atoms in total. The number of methoxy groups -OCH3 is 2. The molecule has 10 heteroatoms. The SMILES string of the molecule is COc1ccc(-c2noc([C@H](NC(=O)c3ccc(C(F)(F)F)cc3)C(C)C)n2)cc1OC. The number of alkyl halides is 3. The Morgan fingerprint density at radius 3 is 2.25 bits per heavy atom. The predicted molar refractivity (Wildman–Crippen MR) is 109 cm³/mol. The van der Waals surface area contributed by atoms with Crippen LogP contribution in [-0.4, -0.2) is 30.3 Å². The molecule has 0 radical (unpaired) electrons. The summed E-state index contributed by atoms with van der Waals surface area (Å²) in [6, 6.07) is 8.46. The summed E-state index contributed by atoms with van der Waals surface area (Å²) < 4.78 is 54.1. The fourth-order valence-corrected chi connectivity index (χ4v) is 3.00. The normalized spacial score (nSPS) is 12.5. The zero-order chi connectivity index (χ0) is 23.5. The number of carbonyl (C=O) groups is 1. The number of ether oxygens (including phenoxy) is 2. The summed E-state index contributed by atoms with van der Waals surface area (Å²) in [6.45, 7) is 3.69. The lowest BCUT2D eigenvalue weighted by Crippen LogP contribution is -2.32. The molecule has 2 aromatic carbocycles. The Kier molecular flexibility index (Phi) is 6.71. The van der Waals surface area contributed by atoms with Crippen LogP contribution in [0.1, 0.15) is 41.7 Å². The summed E-state index contributed by atoms with van der Waals surface area (Å²) in [4.78, 5) is 17.0. The topological polar surface area (TPSA) is 86.5 Å². The Morgan fingerprint density at radius 2 is 1.69 bits per heavy atom. The minimum atomic E-state index is -4.47. The second kappa shape index (κ2) is 9.29. The van der Waals surface area contributed by atoms with E-state index in [2.05, 4.69) is 15.5 Å². The van der Waals surface area contributed by atoms with Crippen molar-refractivity contribution in [3.63, 3.8) is 0 Å². The van der Waals surface area contributed by atoms with E-state index < -0.39 is 23.7 Å². The maximum Gasteiger partial charge on any atom is 0.416 e. The van der Waals surface area contributed by atoms with Gasteiger partial charge in [-0.25, -0.2) is 0 Å². The number of carbonyl (C=O) groups excluding carboxylic acids is 1. The minimum Gasteiger partial charge on any atom is -0.493 e. The second-order valence-corrected chi connectivity index (χ2v) is 7.30. The quantitative estimate of drug-likeness (QED) is 0.552. The van der Waals surface area contributed by atoms with Crippen molar-refractivity contribution in [3.8, 4) is 22.9 Å². The Bertz CT molecular complexity index is 1080. The van der Waals surface area contributed by atoms with Gasteiger partial charge in [-0.15, -0.1) is 0 Å². The highest BCUT2D eigenvalue weighted by atomic mass is 19.4. The number of hydrogen-bond donors (Lipinski definition) is 1. The molecule has 0 saturated heterocycles. The van der Waals surface area contributed by atoms with Gasteiger partial charge in [-0.3, -0.25) is 4.79 Å². The molecule has 3 aromatic rings. The van der Waals surface area contributed by atoms with Crippen LogP contribution in [0.2, 0.25) is 0 Å². The third kappa shape index (κ3) is 5.01. The predicted octanol–water partition coefficient (Wildman–Crippen LogP) is 4.90. The van der Waals surface area contributed by atoms with Crippen molar-refractivity contribution in [1.29, 1.82) is 0 Å². The van der Waals surface area contributed by atoms with Crippen LogP contribution in [0, 0.1) is 5.92 Å². The van der Waals surface area contributed by atoms with Crippen molar-refractivity contribution in [2.45, 2.75) is 26.1 Å². The highest BCUT2D eigenvalue weighted by molar-refractivity contribution is 5.94. The molecule has 0 unspecified atom stereocenters. The highest BCUT2D eigenvalue weighted by Crippen LogP contribution is 2.32. The summed E-state index contributed by atoms with van der Waals surface area (Å²) in [6.07, 6.45) is -4.47. The first-order valence-corrected chi connectivity index (χ1v) is 9.68. The van der Waals surface area contributed by atoms with Gasteiger partial charge in [0, 0.05) is 11.1 Å². The Morgan fingerprint density at radius 1 is 1.03 bits per heavy atom. The molecule has 32 heavy (non-hydrogen) atoms. The smallest absolute Gasteiger partial charge is 0.416 e. The maximum atomic E-state index is 12.7. The Balaban J connectivity index is 1.81. The van der Waals surface area contributed by atoms with Crippen molar-refractivity contribution >= 4 is 5.91 Å². The molecule has 1 amide bonds. The number of nitrogens with one attached hydrogen (secondary N) is 1. The van der Waals surface area contributed by atoms with E-state index in [-0.39, 0.29) is 23.2 Å². The van der Waals surface area contributed by atoms with Crippen molar-refractivity contribution in [1.82, 2.24) is 15.5 Å². The number of hydrogen-bond acceptors (Lipinski definition) is 6. The first kappa shape index (κ1) is 23.1. The molecular weight excluding hydrogens is 427 g/mol. The largest absolute Gasteiger partial charge is 0.493 e. The zero-order valence-electron chi connectivity index (χ0n) is 17.9. The average Bonchev–Trinajstić information content (AvgIpc) is 3.25. The van der Waals surface area contributed by atoms with Crippen molar-refractivity contribution in [2.24, 2.45) is 5.92 Å². The fraction of sp³-hybridized carbons (Fsp3) is 0.318. The third-order valence-electron chi connectivity index (χ3n) is 4.78. The number of nitrogens with zero attached hydrogens (tertiary/aromatic N) is 2. The first-order chi connectivity index (χ1) is 15.1. The van der Waals surface area contributed by atoms with Gasteiger partial charge in [0.1, 0.15) is 6.04 Å². The number of halogens is 3. The summed E-state index contributed by atoms with van der Waals surface area (Å²) in [7, 11) is 3.03. The van der Waals surface area contributed by atoms with E-state index in [0.717, 1.165) is 24.3 Å². The van der Waals surface area contributed by atoms with Crippen LogP contribution in [0.5, 0.6) is 11.5 Å². The van der Waals surface area contributed by atoms with Crippen molar-refractivity contribution < 1.29 is 32.0 Å². The van der Waals surface area contributed by atoms with Gasteiger partial charge >= 0.3 is 6.18 Å². The lowest BCUT2D eigenvalue weighted by Gasteiger charge is -2.18. The number of benzene rings is 2. The van der Waals surface area contributed by atoms with Gasteiger partial charge in [-0.05, 0) is 48.4 Å². The Hall–Kier alpha value is -3.56. The lowest BCUT2D eigenvalue weighted by molar-refractivity contribution is -0.137. The molecule has 1 aromatic heterocycles. The molecule has 0 bridgehead atoms. The molecule has 0 spiro atoms.